The summed E-state index contributed by atoms with van der Waals surface area (Å²) >= 11 is 0. The van der Waals surface area contributed by atoms with E-state index in [1.54, 1.807) is 25.3 Å². The Morgan fingerprint density at radius 3 is 2.65 bits per heavy atom. The highest BCUT2D eigenvalue weighted by Crippen LogP contribution is 2.18. The van der Waals surface area contributed by atoms with E-state index in [0.717, 1.165) is 25.1 Å². The number of quaternary nitrogens is 1. The molecule has 1 saturated carbocycles. The lowest BCUT2D eigenvalue weighted by Crippen LogP contribution is -3.16. The second-order valence-corrected chi connectivity index (χ2v) is 6.78. The first-order chi connectivity index (χ1) is 12.6. The maximum atomic E-state index is 12.7. The quantitative estimate of drug-likeness (QED) is 0.804. The molecule has 1 aliphatic carbocycles. The third kappa shape index (κ3) is 4.41. The van der Waals surface area contributed by atoms with Gasteiger partial charge in [-0.1, -0.05) is 6.07 Å². The predicted octanol–water partition coefficient (Wildman–Crippen LogP) is 2.14. The van der Waals surface area contributed by atoms with Crippen LogP contribution in [0.2, 0.25) is 0 Å². The monoisotopic (exact) mass is 350 g/mol. The zero-order chi connectivity index (χ0) is 18.5. The number of nitrogens with one attached hydrogen (secondary N) is 2. The van der Waals surface area contributed by atoms with Crippen LogP contribution in [0.4, 0.5) is 5.69 Å². The van der Waals surface area contributed by atoms with Crippen LogP contribution >= 0.6 is 0 Å². The molecule has 1 aliphatic rings. The van der Waals surface area contributed by atoms with Gasteiger partial charge < -0.3 is 15.0 Å². The Kier molecular flexibility index (Phi) is 5.55. The number of nitriles is 1. The van der Waals surface area contributed by atoms with Gasteiger partial charge in [0, 0.05) is 24.1 Å². The lowest BCUT2D eigenvalue weighted by atomic mass is 10.1. The van der Waals surface area contributed by atoms with E-state index in [4.69, 9.17) is 10.00 Å². The molecule has 5 heteroatoms. The lowest BCUT2D eigenvalue weighted by Gasteiger charge is -2.25. The van der Waals surface area contributed by atoms with Gasteiger partial charge in [0.1, 0.15) is 12.3 Å². The maximum Gasteiger partial charge on any atom is 0.282 e. The summed E-state index contributed by atoms with van der Waals surface area (Å²) in [5.41, 5.74) is 2.40. The number of anilines is 1. The molecule has 2 aromatic rings. The molecule has 26 heavy (non-hydrogen) atoms. The molecule has 0 radical (unpaired) electrons. The molecule has 2 atom stereocenters. The fraction of sp³-hybridized carbons (Fsp3) is 0.333. The zero-order valence-corrected chi connectivity index (χ0v) is 15.2. The minimum absolute atomic E-state index is 0.0181. The van der Waals surface area contributed by atoms with Gasteiger partial charge in [0.05, 0.1) is 24.8 Å². The van der Waals surface area contributed by atoms with Crippen molar-refractivity contribution in [2.24, 2.45) is 0 Å². The summed E-state index contributed by atoms with van der Waals surface area (Å²) in [4.78, 5) is 14.0. The number of carbonyl (C=O) groups excluding carboxylic acids is 1. The molecule has 0 aliphatic heterocycles. The van der Waals surface area contributed by atoms with Crippen LogP contribution in [0.15, 0.2) is 48.5 Å². The molecule has 1 amide bonds. The summed E-state index contributed by atoms with van der Waals surface area (Å²) in [6.07, 6.45) is 2.32. The normalized spacial score (nSPS) is 15.6. The summed E-state index contributed by atoms with van der Waals surface area (Å²) in [5.74, 6) is 0.820. The van der Waals surface area contributed by atoms with Crippen LogP contribution in [0.1, 0.15) is 30.9 Å². The van der Waals surface area contributed by atoms with E-state index >= 15 is 0 Å². The number of hydrogen-bond acceptors (Lipinski definition) is 3. The summed E-state index contributed by atoms with van der Waals surface area (Å²) in [6.45, 7) is 2.78. The Morgan fingerprint density at radius 2 is 2.04 bits per heavy atom. The third-order valence-electron chi connectivity index (χ3n) is 4.88. The van der Waals surface area contributed by atoms with Gasteiger partial charge in [0.15, 0.2) is 6.04 Å². The van der Waals surface area contributed by atoms with Gasteiger partial charge in [-0.2, -0.15) is 5.26 Å². The van der Waals surface area contributed by atoms with Crippen molar-refractivity contribution in [2.75, 3.05) is 12.4 Å². The van der Waals surface area contributed by atoms with Gasteiger partial charge in [-0.3, -0.25) is 4.79 Å². The number of methoxy groups -OCH3 is 1. The first kappa shape index (κ1) is 18.0. The van der Waals surface area contributed by atoms with Crippen LogP contribution < -0.4 is 15.0 Å². The number of carbonyl (C=O) groups is 1. The van der Waals surface area contributed by atoms with E-state index in [2.05, 4.69) is 23.5 Å². The van der Waals surface area contributed by atoms with Gasteiger partial charge in [-0.05, 0) is 49.4 Å². The van der Waals surface area contributed by atoms with Crippen molar-refractivity contribution in [3.8, 4) is 11.8 Å². The molecule has 134 valence electrons. The van der Waals surface area contributed by atoms with E-state index in [0.29, 0.717) is 17.3 Å². The van der Waals surface area contributed by atoms with Crippen LogP contribution in [0.3, 0.4) is 0 Å². The molecular weight excluding hydrogens is 326 g/mol. The average molecular weight is 350 g/mol. The fourth-order valence-electron chi connectivity index (χ4n) is 3.17. The average Bonchev–Trinajstić information content (AvgIpc) is 3.51. The van der Waals surface area contributed by atoms with Crippen molar-refractivity contribution in [1.82, 2.24) is 0 Å². The summed E-state index contributed by atoms with van der Waals surface area (Å²) < 4.78 is 5.21. The molecule has 1 fully saturated rings. The Morgan fingerprint density at radius 1 is 1.31 bits per heavy atom. The number of nitrogens with zero attached hydrogens (tertiary/aromatic N) is 1. The molecular formula is C21H24N3O2+. The highest BCUT2D eigenvalue weighted by molar-refractivity contribution is 5.93. The zero-order valence-electron chi connectivity index (χ0n) is 15.2. The fourth-order valence-corrected chi connectivity index (χ4v) is 3.17. The first-order valence-electron chi connectivity index (χ1n) is 8.90. The summed E-state index contributed by atoms with van der Waals surface area (Å²) in [6, 6.07) is 17.5. The molecule has 1 unspecified atom stereocenters. The standard InChI is InChI=1S/C21H23N3O2/c1-15(21(25)23-18-5-3-4-17(12-18)13-22)24(19-8-9-19)14-16-6-10-20(26-2)11-7-16/h3-7,10-12,15,19H,8-9,14H2,1-2H3,(H,23,25)/p+1/t15-/m1/s1. The topological polar surface area (TPSA) is 66.6 Å². The predicted molar refractivity (Wildman–Crippen MR) is 99.9 cm³/mol. The Bertz CT molecular complexity index is 807. The largest absolute Gasteiger partial charge is 0.497 e. The van der Waals surface area contributed by atoms with E-state index < -0.39 is 0 Å². The second kappa shape index (κ2) is 8.03. The highest BCUT2D eigenvalue weighted by Gasteiger charge is 2.39. The van der Waals surface area contributed by atoms with Crippen LogP contribution in [-0.4, -0.2) is 25.1 Å². The van der Waals surface area contributed by atoms with E-state index in [9.17, 15) is 4.79 Å². The Labute approximate surface area is 154 Å². The molecule has 0 heterocycles. The molecule has 0 saturated heterocycles. The molecule has 0 bridgehead atoms. The van der Waals surface area contributed by atoms with Crippen LogP contribution in [0.25, 0.3) is 0 Å². The summed E-state index contributed by atoms with van der Waals surface area (Å²) in [5, 5.41) is 12.0. The van der Waals surface area contributed by atoms with Crippen molar-refractivity contribution >= 4 is 11.6 Å². The van der Waals surface area contributed by atoms with Gasteiger partial charge >= 0.3 is 0 Å². The minimum Gasteiger partial charge on any atom is -0.497 e. The SMILES string of the molecule is COc1ccc(C[NH+](C2CC2)[C@H](C)C(=O)Nc2cccc(C#N)c2)cc1. The van der Waals surface area contributed by atoms with Crippen LogP contribution in [0.5, 0.6) is 5.75 Å². The van der Waals surface area contributed by atoms with E-state index in [1.165, 1.54) is 10.5 Å². The van der Waals surface area contributed by atoms with Crippen molar-refractivity contribution in [3.63, 3.8) is 0 Å². The van der Waals surface area contributed by atoms with Crippen molar-refractivity contribution in [2.45, 2.75) is 38.4 Å². The van der Waals surface area contributed by atoms with Gasteiger partial charge in [-0.15, -0.1) is 0 Å². The molecule has 5 nitrogen and oxygen atoms in total. The van der Waals surface area contributed by atoms with Crippen molar-refractivity contribution < 1.29 is 14.4 Å². The lowest BCUT2D eigenvalue weighted by molar-refractivity contribution is -0.938. The number of benzene rings is 2. The minimum atomic E-state index is -0.171. The number of hydrogen-bond donors (Lipinski definition) is 2. The molecule has 2 N–H and O–H groups in total. The Hall–Kier alpha value is -2.84. The highest BCUT2D eigenvalue weighted by atomic mass is 16.5. The van der Waals surface area contributed by atoms with Crippen molar-refractivity contribution in [3.05, 3.63) is 59.7 Å². The number of amides is 1. The Balaban J connectivity index is 1.68. The van der Waals surface area contributed by atoms with E-state index in [1.807, 2.05) is 25.1 Å². The smallest absolute Gasteiger partial charge is 0.282 e. The van der Waals surface area contributed by atoms with Crippen LogP contribution in [0, 0.1) is 11.3 Å². The number of ether oxygens (including phenoxy) is 1. The van der Waals surface area contributed by atoms with E-state index in [-0.39, 0.29) is 11.9 Å². The molecule has 3 rings (SSSR count). The first-order valence-corrected chi connectivity index (χ1v) is 8.90. The molecule has 2 aromatic carbocycles. The molecule has 0 spiro atoms. The van der Waals surface area contributed by atoms with Gasteiger partial charge in [-0.25, -0.2) is 0 Å². The van der Waals surface area contributed by atoms with Crippen LogP contribution in [-0.2, 0) is 11.3 Å². The second-order valence-electron chi connectivity index (χ2n) is 6.78. The number of rotatable bonds is 7. The third-order valence-corrected chi connectivity index (χ3v) is 4.88. The van der Waals surface area contributed by atoms with Gasteiger partial charge in [0.2, 0.25) is 0 Å². The molecule has 0 aromatic heterocycles. The van der Waals surface area contributed by atoms with Gasteiger partial charge in [0.25, 0.3) is 5.91 Å². The maximum absolute atomic E-state index is 12.7. The van der Waals surface area contributed by atoms with Crippen molar-refractivity contribution in [1.29, 1.82) is 5.26 Å². The summed E-state index contributed by atoms with van der Waals surface area (Å²) in [7, 11) is 1.66.